The number of amides is 2. The Balaban J connectivity index is 1.37. The van der Waals surface area contributed by atoms with Crippen molar-refractivity contribution in [3.8, 4) is 0 Å². The minimum atomic E-state index is -0.919. The number of imide groups is 1. The Bertz CT molecular complexity index is 1220. The molecular formula is C24H24N2O5S2. The molecule has 2 bridgehead atoms. The maximum Gasteiger partial charge on any atom is 0.305 e. The average Bonchev–Trinajstić information content (AvgIpc) is 3.49. The van der Waals surface area contributed by atoms with Crippen molar-refractivity contribution in [1.29, 1.82) is 0 Å². The zero-order chi connectivity index (χ0) is 23.0. The third-order valence-corrected chi connectivity index (χ3v) is 10.6. The first-order chi connectivity index (χ1) is 15.8. The number of hydrogen-bond donors (Lipinski definition) is 2. The van der Waals surface area contributed by atoms with E-state index in [0.717, 1.165) is 21.9 Å². The van der Waals surface area contributed by atoms with E-state index in [2.05, 4.69) is 29.2 Å². The van der Waals surface area contributed by atoms with Crippen molar-refractivity contribution in [1.82, 2.24) is 9.88 Å². The number of fused-ring (bicyclic) bond motifs is 9. The fourth-order valence-electron chi connectivity index (χ4n) is 6.83. The number of hydrogen-bond acceptors (Lipinski definition) is 6. The molecule has 2 aromatic rings. The second-order valence-corrected chi connectivity index (χ2v) is 11.9. The van der Waals surface area contributed by atoms with Gasteiger partial charge in [0, 0.05) is 29.0 Å². The van der Waals surface area contributed by atoms with Crippen LogP contribution in [-0.2, 0) is 14.4 Å². The number of aryl methyl sites for hydroxylation is 1. The van der Waals surface area contributed by atoms with Crippen LogP contribution in [0.4, 0.5) is 0 Å². The fourth-order valence-corrected chi connectivity index (χ4v) is 9.72. The van der Waals surface area contributed by atoms with Gasteiger partial charge < -0.3 is 10.1 Å². The first-order valence-corrected chi connectivity index (χ1v) is 13.1. The number of thioether (sulfide) groups is 1. The molecule has 2 amide bonds. The minimum absolute atomic E-state index is 0.0377. The molecule has 2 N–H and O–H groups in total. The van der Waals surface area contributed by atoms with E-state index in [0.29, 0.717) is 0 Å². The maximum atomic E-state index is 13.4. The van der Waals surface area contributed by atoms with Gasteiger partial charge >= 0.3 is 10.8 Å². The number of aromatic nitrogens is 1. The number of carboxylic acid groups (broad SMARTS) is 1. The van der Waals surface area contributed by atoms with Crippen molar-refractivity contribution in [3.05, 3.63) is 49.9 Å². The van der Waals surface area contributed by atoms with Crippen LogP contribution in [-0.4, -0.2) is 44.6 Å². The molecule has 3 fully saturated rings. The van der Waals surface area contributed by atoms with Gasteiger partial charge in [-0.25, -0.2) is 0 Å². The lowest BCUT2D eigenvalue weighted by Gasteiger charge is -2.43. The van der Waals surface area contributed by atoms with Gasteiger partial charge in [-0.2, -0.15) is 0 Å². The van der Waals surface area contributed by atoms with E-state index in [-0.39, 0.29) is 76.8 Å². The molecule has 0 spiro atoms. The summed E-state index contributed by atoms with van der Waals surface area (Å²) in [6.45, 7) is 2.23. The zero-order valence-corrected chi connectivity index (χ0v) is 19.7. The predicted octanol–water partition coefficient (Wildman–Crippen LogP) is 3.08. The quantitative estimate of drug-likeness (QED) is 0.632. The molecule has 0 radical (unpaired) electrons. The van der Waals surface area contributed by atoms with Gasteiger partial charge in [0.25, 0.3) is 0 Å². The lowest BCUT2D eigenvalue weighted by molar-refractivity contribution is -0.142. The van der Waals surface area contributed by atoms with Gasteiger partial charge in [0.15, 0.2) is 0 Å². The van der Waals surface area contributed by atoms with Crippen LogP contribution in [0.5, 0.6) is 0 Å². The van der Waals surface area contributed by atoms with E-state index in [1.807, 2.05) is 6.92 Å². The Morgan fingerprint density at radius 2 is 1.82 bits per heavy atom. The summed E-state index contributed by atoms with van der Waals surface area (Å²) >= 11 is 2.95. The normalized spacial score (nSPS) is 33.8. The van der Waals surface area contributed by atoms with E-state index in [1.54, 1.807) is 11.8 Å². The summed E-state index contributed by atoms with van der Waals surface area (Å²) in [7, 11) is 0. The summed E-state index contributed by atoms with van der Waals surface area (Å²) in [6, 6.07) is 8.44. The molecule has 33 heavy (non-hydrogen) atoms. The molecule has 9 heteroatoms. The third-order valence-electron chi connectivity index (χ3n) is 8.02. The lowest BCUT2D eigenvalue weighted by atomic mass is 9.68. The smallest absolute Gasteiger partial charge is 0.305 e. The van der Waals surface area contributed by atoms with Crippen LogP contribution in [0.2, 0.25) is 0 Å². The molecule has 1 aromatic carbocycles. The number of carbonyl (C=O) groups excluding carboxylic acids is 2. The van der Waals surface area contributed by atoms with E-state index in [9.17, 15) is 19.2 Å². The fraction of sp³-hybridized carbons (Fsp3) is 0.500. The number of rotatable bonds is 5. The van der Waals surface area contributed by atoms with Gasteiger partial charge in [0.1, 0.15) is 0 Å². The summed E-state index contributed by atoms with van der Waals surface area (Å²) < 4.78 is 0. The molecule has 1 aromatic heterocycles. The number of aliphatic carboxylic acids is 1. The van der Waals surface area contributed by atoms with Gasteiger partial charge in [-0.3, -0.25) is 24.1 Å². The molecule has 3 heterocycles. The molecule has 1 saturated heterocycles. The zero-order valence-electron chi connectivity index (χ0n) is 18.0. The van der Waals surface area contributed by atoms with Crippen LogP contribution in [0.25, 0.3) is 0 Å². The largest absolute Gasteiger partial charge is 0.481 e. The summed E-state index contributed by atoms with van der Waals surface area (Å²) in [6.07, 6.45) is 1.09. The molecule has 2 aliphatic carbocycles. The summed E-state index contributed by atoms with van der Waals surface area (Å²) in [4.78, 5) is 55.1. The summed E-state index contributed by atoms with van der Waals surface area (Å²) in [5.74, 6) is -1.38. The van der Waals surface area contributed by atoms with Crippen molar-refractivity contribution in [2.45, 2.75) is 42.4 Å². The highest BCUT2D eigenvalue weighted by molar-refractivity contribution is 8.00. The highest BCUT2D eigenvalue weighted by atomic mass is 32.2. The van der Waals surface area contributed by atoms with Crippen LogP contribution < -0.4 is 4.87 Å². The third kappa shape index (κ3) is 3.08. The number of likely N-dealkylation sites (tertiary alicyclic amines) is 1. The van der Waals surface area contributed by atoms with E-state index in [4.69, 9.17) is 5.11 Å². The van der Waals surface area contributed by atoms with E-state index >= 15 is 0 Å². The molecule has 2 aliphatic heterocycles. The lowest BCUT2D eigenvalue weighted by Crippen LogP contribution is -2.42. The Morgan fingerprint density at radius 3 is 2.52 bits per heavy atom. The highest BCUT2D eigenvalue weighted by Gasteiger charge is 2.69. The number of carboxylic acids is 1. The van der Waals surface area contributed by atoms with E-state index in [1.165, 1.54) is 21.8 Å². The van der Waals surface area contributed by atoms with Crippen molar-refractivity contribution in [3.63, 3.8) is 0 Å². The monoisotopic (exact) mass is 484 g/mol. The standard InChI is InChI=1S/C24H24N2O5S2/c1-10-4-6-11(7-5-10)15-16-12-9-13(19(16)32-21-20(15)33-24(31)25-21)18-17(12)22(29)26(23(18)30)8-2-3-14(27)28/h4-7,12-13,15-19H,2-3,8-9H2,1H3,(H,25,31)(H,27,28)/t12-,13+,15+,16+,17-,18-,19-/m1/s1. The molecule has 4 aliphatic rings. The van der Waals surface area contributed by atoms with Crippen LogP contribution in [0.15, 0.2) is 34.1 Å². The summed E-state index contributed by atoms with van der Waals surface area (Å²) in [5.41, 5.74) is 2.33. The Labute approximate surface area is 198 Å². The number of thiazole rings is 1. The molecule has 2 saturated carbocycles. The number of nitrogens with one attached hydrogen (secondary N) is 1. The maximum absolute atomic E-state index is 13.4. The first-order valence-electron chi connectivity index (χ1n) is 11.4. The molecule has 172 valence electrons. The predicted molar refractivity (Wildman–Crippen MR) is 123 cm³/mol. The van der Waals surface area contributed by atoms with Crippen LogP contribution in [0, 0.1) is 36.5 Å². The van der Waals surface area contributed by atoms with Crippen molar-refractivity contribution in [2.24, 2.45) is 29.6 Å². The number of benzene rings is 1. The number of nitrogens with zero attached hydrogens (tertiary/aromatic N) is 1. The van der Waals surface area contributed by atoms with Crippen molar-refractivity contribution >= 4 is 40.9 Å². The van der Waals surface area contributed by atoms with Crippen LogP contribution in [0.1, 0.15) is 41.2 Å². The molecular weight excluding hydrogens is 460 g/mol. The van der Waals surface area contributed by atoms with Gasteiger partial charge in [0.2, 0.25) is 11.8 Å². The van der Waals surface area contributed by atoms with Gasteiger partial charge in [-0.05, 0) is 43.1 Å². The number of H-pyrrole nitrogens is 1. The first kappa shape index (κ1) is 21.2. The number of carbonyl (C=O) groups is 3. The van der Waals surface area contributed by atoms with Gasteiger partial charge in [-0.1, -0.05) is 41.2 Å². The molecule has 6 rings (SSSR count). The molecule has 7 atom stereocenters. The molecule has 0 unspecified atom stereocenters. The molecule has 7 nitrogen and oxygen atoms in total. The minimum Gasteiger partial charge on any atom is -0.481 e. The van der Waals surface area contributed by atoms with E-state index < -0.39 is 5.97 Å². The Hall–Kier alpha value is -2.39. The second-order valence-electron chi connectivity index (χ2n) is 9.70. The topological polar surface area (TPSA) is 108 Å². The average molecular weight is 485 g/mol. The Kier molecular flexibility index (Phi) is 4.85. The SMILES string of the molecule is Cc1ccc([C@@H]2c3sc(=O)[nH]c3S[C@@H]3[C@H]4C[C@@H]([C@H]5C(=O)N(CCCC(=O)O)C(=O)[C@H]45)[C@@H]23)cc1. The van der Waals surface area contributed by atoms with Crippen molar-refractivity contribution in [2.75, 3.05) is 6.54 Å². The number of aromatic amines is 1. The van der Waals surface area contributed by atoms with Gasteiger partial charge in [-0.15, -0.1) is 11.8 Å². The van der Waals surface area contributed by atoms with Crippen molar-refractivity contribution < 1.29 is 19.5 Å². The van der Waals surface area contributed by atoms with Crippen LogP contribution in [0.3, 0.4) is 0 Å². The second kappa shape index (κ2) is 7.56. The van der Waals surface area contributed by atoms with Gasteiger partial charge in [0.05, 0.1) is 16.9 Å². The van der Waals surface area contributed by atoms with Crippen LogP contribution >= 0.6 is 23.1 Å². The Morgan fingerprint density at radius 1 is 1.12 bits per heavy atom. The summed E-state index contributed by atoms with van der Waals surface area (Å²) in [5, 5.41) is 10.0. The highest BCUT2D eigenvalue weighted by Crippen LogP contribution is 2.68.